The van der Waals surface area contributed by atoms with Crippen LogP contribution in [-0.2, 0) is 37.4 Å². The van der Waals surface area contributed by atoms with Gasteiger partial charge in [0.05, 0.1) is 13.2 Å². The first-order valence-electron chi connectivity index (χ1n) is 14.8. The molecule has 0 aromatic heterocycles. The zero-order valence-corrected chi connectivity index (χ0v) is 28.0. The van der Waals surface area contributed by atoms with Gasteiger partial charge >= 0.3 is 26.0 Å². The topological polar surface area (TPSA) is 186 Å². The minimum atomic E-state index is -4.85. The van der Waals surface area contributed by atoms with Crippen LogP contribution < -0.4 is 5.73 Å². The Kier molecular flexibility index (Phi) is 15.3. The summed E-state index contributed by atoms with van der Waals surface area (Å²) >= 11 is 0. The number of carboxylic acid groups (broad SMARTS) is 1. The van der Waals surface area contributed by atoms with E-state index in [1.54, 1.807) is 55.4 Å². The van der Waals surface area contributed by atoms with Crippen LogP contribution in [-0.4, -0.2) is 73.1 Å². The van der Waals surface area contributed by atoms with Gasteiger partial charge in [-0.3, -0.25) is 0 Å². The standard InChI is InChI=1S/C28H52N3O11P/c1-10-17-37-25(34)39-22(27(3,4)5)41-43(36,42-23(28(6,7)8)40-26(35)38-18-11-2)30-24(29)31(9)20(21(32)33)19-15-13-12-14-16-19/h19-20,22-23H,10-18H2,1-9H3,(H,32,33)(H2,29,30,36). The van der Waals surface area contributed by atoms with E-state index in [9.17, 15) is 24.1 Å². The Morgan fingerprint density at radius 2 is 1.30 bits per heavy atom. The molecule has 3 unspecified atom stereocenters. The van der Waals surface area contributed by atoms with Crippen molar-refractivity contribution >= 4 is 32.0 Å². The van der Waals surface area contributed by atoms with Crippen molar-refractivity contribution in [2.75, 3.05) is 20.3 Å². The van der Waals surface area contributed by atoms with E-state index in [4.69, 9.17) is 33.7 Å². The molecular weight excluding hydrogens is 585 g/mol. The molecule has 1 fully saturated rings. The van der Waals surface area contributed by atoms with E-state index in [-0.39, 0.29) is 19.1 Å². The summed E-state index contributed by atoms with van der Waals surface area (Å²) in [5.41, 5.74) is 4.30. The molecule has 0 saturated heterocycles. The van der Waals surface area contributed by atoms with Crippen LogP contribution in [0.5, 0.6) is 0 Å². The summed E-state index contributed by atoms with van der Waals surface area (Å²) in [4.78, 5) is 38.3. The molecule has 1 aliphatic carbocycles. The number of nitrogens with zero attached hydrogens (tertiary/aromatic N) is 2. The number of hydrogen-bond donors (Lipinski definition) is 2. The summed E-state index contributed by atoms with van der Waals surface area (Å²) in [5, 5.41) is 10.1. The molecular formula is C28H52N3O11P. The van der Waals surface area contributed by atoms with Gasteiger partial charge in [-0.1, -0.05) is 74.7 Å². The number of carboxylic acids is 1. The second-order valence-electron chi connectivity index (χ2n) is 12.8. The summed E-state index contributed by atoms with van der Waals surface area (Å²) in [7, 11) is -3.42. The van der Waals surface area contributed by atoms with E-state index in [1.807, 2.05) is 0 Å². The van der Waals surface area contributed by atoms with Gasteiger partial charge < -0.3 is 34.7 Å². The first kappa shape index (κ1) is 38.5. The minimum absolute atomic E-state index is 0.0807. The van der Waals surface area contributed by atoms with Gasteiger partial charge in [-0.05, 0) is 31.6 Å². The third-order valence-electron chi connectivity index (χ3n) is 6.48. The average Bonchev–Trinajstić information content (AvgIpc) is 2.89. The predicted octanol–water partition coefficient (Wildman–Crippen LogP) is 6.28. The van der Waals surface area contributed by atoms with E-state index in [0.717, 1.165) is 19.3 Å². The van der Waals surface area contributed by atoms with Gasteiger partial charge in [-0.25, -0.2) is 28.0 Å². The van der Waals surface area contributed by atoms with Gasteiger partial charge in [-0.15, -0.1) is 4.76 Å². The summed E-state index contributed by atoms with van der Waals surface area (Å²) in [5.74, 6) is -1.79. The lowest BCUT2D eigenvalue weighted by Crippen LogP contribution is -2.50. The maximum Gasteiger partial charge on any atom is 0.510 e. The van der Waals surface area contributed by atoms with Crippen molar-refractivity contribution in [2.24, 2.45) is 27.2 Å². The molecule has 0 spiro atoms. The molecule has 0 aliphatic heterocycles. The van der Waals surface area contributed by atoms with E-state index in [2.05, 4.69) is 4.76 Å². The Balaban J connectivity index is 3.57. The summed E-state index contributed by atoms with van der Waals surface area (Å²) in [6.07, 6.45) is -0.0195. The average molecular weight is 638 g/mol. The van der Waals surface area contributed by atoms with Gasteiger partial charge in [0.15, 0.2) is 0 Å². The fourth-order valence-electron chi connectivity index (χ4n) is 4.11. The van der Waals surface area contributed by atoms with Gasteiger partial charge in [-0.2, -0.15) is 0 Å². The third-order valence-corrected chi connectivity index (χ3v) is 7.85. The van der Waals surface area contributed by atoms with Gasteiger partial charge in [0.1, 0.15) is 6.04 Å². The molecule has 0 bridgehead atoms. The highest BCUT2D eigenvalue weighted by molar-refractivity contribution is 7.52. The molecule has 1 rings (SSSR count). The summed E-state index contributed by atoms with van der Waals surface area (Å²) in [6, 6.07) is -1.06. The van der Waals surface area contributed by atoms with E-state index in [0.29, 0.717) is 25.7 Å². The molecule has 15 heteroatoms. The number of aliphatic carboxylic acids is 1. The summed E-state index contributed by atoms with van der Waals surface area (Å²) < 4.78 is 50.8. The molecule has 0 radical (unpaired) electrons. The fourth-order valence-corrected chi connectivity index (χ4v) is 5.85. The van der Waals surface area contributed by atoms with Crippen LogP contribution in [0.4, 0.5) is 9.59 Å². The SMILES string of the molecule is CCCOC(=O)OC(OP(=O)(N=C(N)N(C)C(C(=O)O)C1CCCCC1)OC(OC(=O)OCCC)C(C)(C)C)C(C)(C)C. The summed E-state index contributed by atoms with van der Waals surface area (Å²) in [6.45, 7) is 13.7. The highest BCUT2D eigenvalue weighted by Gasteiger charge is 2.45. The van der Waals surface area contributed by atoms with E-state index < -0.39 is 61.4 Å². The van der Waals surface area contributed by atoms with Crippen molar-refractivity contribution in [1.82, 2.24) is 4.90 Å². The van der Waals surface area contributed by atoms with Crippen LogP contribution in [0.3, 0.4) is 0 Å². The molecule has 3 atom stereocenters. The number of rotatable bonds is 14. The normalized spacial score (nSPS) is 18.5. The first-order valence-corrected chi connectivity index (χ1v) is 16.3. The van der Waals surface area contributed by atoms with Crippen LogP contribution in [0.2, 0.25) is 0 Å². The van der Waals surface area contributed by atoms with Crippen LogP contribution in [0, 0.1) is 16.7 Å². The lowest BCUT2D eigenvalue weighted by Gasteiger charge is -2.36. The maximum absolute atomic E-state index is 14.5. The van der Waals surface area contributed by atoms with Crippen LogP contribution >= 0.6 is 7.75 Å². The maximum atomic E-state index is 14.5. The number of carbonyl (C=O) groups excluding carboxylic acids is 2. The minimum Gasteiger partial charge on any atom is -0.480 e. The predicted molar refractivity (Wildman–Crippen MR) is 159 cm³/mol. The number of carbonyl (C=O) groups is 3. The second-order valence-corrected chi connectivity index (χ2v) is 14.3. The van der Waals surface area contributed by atoms with Crippen molar-refractivity contribution in [3.05, 3.63) is 0 Å². The highest BCUT2D eigenvalue weighted by Crippen LogP contribution is 2.56. The van der Waals surface area contributed by atoms with Gasteiger partial charge in [0.2, 0.25) is 18.5 Å². The zero-order chi connectivity index (χ0) is 33.0. The highest BCUT2D eigenvalue weighted by atomic mass is 31.2. The van der Waals surface area contributed by atoms with Crippen LogP contribution in [0.1, 0.15) is 100 Å². The first-order chi connectivity index (χ1) is 19.8. The largest absolute Gasteiger partial charge is 0.510 e. The van der Waals surface area contributed by atoms with Gasteiger partial charge in [0.25, 0.3) is 0 Å². The Bertz CT molecular complexity index is 941. The Morgan fingerprint density at radius 3 is 1.65 bits per heavy atom. The Morgan fingerprint density at radius 1 is 0.884 bits per heavy atom. The molecule has 1 aliphatic rings. The number of nitrogens with two attached hydrogens (primary N) is 1. The van der Waals surface area contributed by atoms with Crippen molar-refractivity contribution in [3.8, 4) is 0 Å². The smallest absolute Gasteiger partial charge is 0.480 e. The number of likely N-dealkylation sites (N-methyl/N-ethyl adjacent to an activating group) is 1. The number of guanidine groups is 1. The van der Waals surface area contributed by atoms with Crippen molar-refractivity contribution in [1.29, 1.82) is 0 Å². The van der Waals surface area contributed by atoms with Crippen molar-refractivity contribution < 1.29 is 52.1 Å². The number of ether oxygens (including phenoxy) is 4. The van der Waals surface area contributed by atoms with Crippen LogP contribution in [0.25, 0.3) is 0 Å². The second kappa shape index (κ2) is 17.1. The monoisotopic (exact) mass is 637 g/mol. The molecule has 0 aromatic carbocycles. The van der Waals surface area contributed by atoms with E-state index in [1.165, 1.54) is 11.9 Å². The van der Waals surface area contributed by atoms with Gasteiger partial charge in [0, 0.05) is 17.9 Å². The molecule has 0 aromatic rings. The number of hydrogen-bond acceptors (Lipinski definition) is 10. The molecule has 1 saturated carbocycles. The molecule has 14 nitrogen and oxygen atoms in total. The molecule has 0 amide bonds. The van der Waals surface area contributed by atoms with E-state index >= 15 is 0 Å². The quantitative estimate of drug-likeness (QED) is 0.0713. The zero-order valence-electron chi connectivity index (χ0n) is 27.1. The van der Waals surface area contributed by atoms with Crippen molar-refractivity contribution in [3.63, 3.8) is 0 Å². The Labute approximate surface area is 255 Å². The molecule has 0 heterocycles. The molecule has 250 valence electrons. The van der Waals surface area contributed by atoms with Crippen LogP contribution in [0.15, 0.2) is 4.76 Å². The Hall–Kier alpha value is -2.57. The fraction of sp³-hybridized carbons (Fsp3) is 0.857. The lowest BCUT2D eigenvalue weighted by molar-refractivity contribution is -0.152. The molecule has 43 heavy (non-hydrogen) atoms. The van der Waals surface area contributed by atoms with Crippen molar-refractivity contribution in [2.45, 2.75) is 119 Å². The molecule has 3 N–H and O–H groups in total. The lowest BCUT2D eigenvalue weighted by atomic mass is 9.83. The third kappa shape index (κ3) is 13.3.